The number of aliphatic carboxylic acids is 1. The van der Waals surface area contributed by atoms with Gasteiger partial charge in [-0.1, -0.05) is 44.2 Å². The molecular weight excluding hydrogens is 330 g/mol. The van der Waals surface area contributed by atoms with E-state index in [-0.39, 0.29) is 24.2 Å². The predicted octanol–water partition coefficient (Wildman–Crippen LogP) is 3.92. The lowest BCUT2D eigenvalue weighted by atomic mass is 9.81. The second-order valence-corrected chi connectivity index (χ2v) is 7.98. The summed E-state index contributed by atoms with van der Waals surface area (Å²) in [6.45, 7) is 4.58. The van der Waals surface area contributed by atoms with Crippen LogP contribution in [0.2, 0.25) is 0 Å². The minimum Gasteiger partial charge on any atom is -0.481 e. The number of hydrogen-bond donors (Lipinski definition) is 1. The summed E-state index contributed by atoms with van der Waals surface area (Å²) >= 11 is 0. The highest BCUT2D eigenvalue weighted by molar-refractivity contribution is 5.96. The van der Waals surface area contributed by atoms with E-state index in [4.69, 9.17) is 5.11 Å². The maximum absolute atomic E-state index is 12.9. The Hall–Kier alpha value is -2.17. The average Bonchev–Trinajstić information content (AvgIpc) is 2.60. The monoisotopic (exact) mass is 359 g/mol. The van der Waals surface area contributed by atoms with Gasteiger partial charge in [-0.25, -0.2) is 0 Å². The third-order valence-corrected chi connectivity index (χ3v) is 5.00. The van der Waals surface area contributed by atoms with Crippen LogP contribution >= 0.6 is 0 Å². The van der Waals surface area contributed by atoms with E-state index in [0.29, 0.717) is 31.4 Å². The zero-order valence-electron chi connectivity index (χ0n) is 15.7. The molecule has 1 aromatic carbocycles. The van der Waals surface area contributed by atoms with Crippen LogP contribution in [0.4, 0.5) is 0 Å². The molecule has 0 aromatic heterocycles. The van der Waals surface area contributed by atoms with Crippen molar-refractivity contribution >= 4 is 17.7 Å². The first-order valence-electron chi connectivity index (χ1n) is 9.38. The van der Waals surface area contributed by atoms with Crippen LogP contribution in [0.15, 0.2) is 30.3 Å². The Balaban J connectivity index is 1.96. The molecule has 1 amide bonds. The third-order valence-electron chi connectivity index (χ3n) is 5.00. The van der Waals surface area contributed by atoms with E-state index in [1.54, 1.807) is 12.1 Å². The van der Waals surface area contributed by atoms with Gasteiger partial charge < -0.3 is 10.0 Å². The lowest BCUT2D eigenvalue weighted by molar-refractivity contribution is -0.141. The zero-order valence-corrected chi connectivity index (χ0v) is 15.7. The lowest BCUT2D eigenvalue weighted by Gasteiger charge is -2.37. The molecule has 5 nitrogen and oxygen atoms in total. The average molecular weight is 359 g/mol. The van der Waals surface area contributed by atoms with Crippen LogP contribution in [0.1, 0.15) is 69.2 Å². The standard InChI is InChI=1S/C21H29NO4/c1-21(2,14-18(23)16-8-4-3-5-9-16)15-19(24)22-13-7-6-10-17(22)11-12-20(25)26/h3-5,8-9,17H,6-7,10-15H2,1-2H3,(H,25,26). The SMILES string of the molecule is CC(C)(CC(=O)c1ccccc1)CC(=O)N1CCCCC1CCC(=O)O. The zero-order chi connectivity index (χ0) is 19.2. The summed E-state index contributed by atoms with van der Waals surface area (Å²) < 4.78 is 0. The van der Waals surface area contributed by atoms with Gasteiger partial charge in [0.2, 0.25) is 5.91 Å². The van der Waals surface area contributed by atoms with E-state index in [2.05, 4.69) is 0 Å². The van der Waals surface area contributed by atoms with Crippen LogP contribution in [-0.4, -0.2) is 40.3 Å². The van der Waals surface area contributed by atoms with Gasteiger partial charge in [0.1, 0.15) is 0 Å². The first kappa shape index (κ1) is 20.1. The molecule has 1 fully saturated rings. The predicted molar refractivity (Wildman–Crippen MR) is 100 cm³/mol. The second-order valence-electron chi connectivity index (χ2n) is 7.98. The first-order chi connectivity index (χ1) is 12.3. The largest absolute Gasteiger partial charge is 0.481 e. The van der Waals surface area contributed by atoms with Crippen LogP contribution in [-0.2, 0) is 9.59 Å². The maximum Gasteiger partial charge on any atom is 0.303 e. The number of amides is 1. The summed E-state index contributed by atoms with van der Waals surface area (Å²) in [7, 11) is 0. The highest BCUT2D eigenvalue weighted by Crippen LogP contribution is 2.30. The van der Waals surface area contributed by atoms with E-state index >= 15 is 0 Å². The number of carboxylic acid groups (broad SMARTS) is 1. The Kier molecular flexibility index (Phi) is 6.95. The molecule has 26 heavy (non-hydrogen) atoms. The van der Waals surface area contributed by atoms with E-state index in [0.717, 1.165) is 19.3 Å². The second kappa shape index (κ2) is 8.97. The molecule has 0 radical (unpaired) electrons. The molecule has 1 atom stereocenters. The molecule has 2 rings (SSSR count). The van der Waals surface area contributed by atoms with Crippen LogP contribution in [0.5, 0.6) is 0 Å². The lowest BCUT2D eigenvalue weighted by Crippen LogP contribution is -2.45. The minimum atomic E-state index is -0.822. The number of carbonyl (C=O) groups is 3. The number of Topliss-reactive ketones (excluding diaryl/α,β-unsaturated/α-hetero) is 1. The Morgan fingerprint density at radius 3 is 2.46 bits per heavy atom. The molecule has 0 saturated carbocycles. The van der Waals surface area contributed by atoms with Crippen LogP contribution in [0, 0.1) is 5.41 Å². The normalized spacial score (nSPS) is 17.8. The van der Waals surface area contributed by atoms with Crippen molar-refractivity contribution in [1.29, 1.82) is 0 Å². The van der Waals surface area contributed by atoms with Gasteiger partial charge in [0.05, 0.1) is 0 Å². The summed E-state index contributed by atoms with van der Waals surface area (Å²) in [5, 5.41) is 8.92. The molecule has 0 aliphatic carbocycles. The number of likely N-dealkylation sites (tertiary alicyclic amines) is 1. The van der Waals surface area contributed by atoms with Crippen molar-refractivity contribution in [3.8, 4) is 0 Å². The Morgan fingerprint density at radius 2 is 1.81 bits per heavy atom. The van der Waals surface area contributed by atoms with E-state index in [1.165, 1.54) is 0 Å². The fourth-order valence-electron chi connectivity index (χ4n) is 3.65. The van der Waals surface area contributed by atoms with E-state index in [1.807, 2.05) is 36.9 Å². The van der Waals surface area contributed by atoms with Gasteiger partial charge in [-0.05, 0) is 31.1 Å². The minimum absolute atomic E-state index is 0.00738. The number of piperidine rings is 1. The van der Waals surface area contributed by atoms with E-state index in [9.17, 15) is 14.4 Å². The molecule has 5 heteroatoms. The fraction of sp³-hybridized carbons (Fsp3) is 0.571. The number of nitrogens with zero attached hydrogens (tertiary/aromatic N) is 1. The molecule has 142 valence electrons. The summed E-state index contributed by atoms with van der Waals surface area (Å²) in [6.07, 6.45) is 4.06. The van der Waals surface area contributed by atoms with Gasteiger partial charge >= 0.3 is 5.97 Å². The molecule has 0 bridgehead atoms. The maximum atomic E-state index is 12.9. The molecule has 1 saturated heterocycles. The van der Waals surface area contributed by atoms with Crippen molar-refractivity contribution in [2.45, 2.75) is 64.8 Å². The van der Waals surface area contributed by atoms with Crippen LogP contribution in [0.25, 0.3) is 0 Å². The Morgan fingerprint density at radius 1 is 1.12 bits per heavy atom. The van der Waals surface area contributed by atoms with Crippen molar-refractivity contribution in [3.63, 3.8) is 0 Å². The summed E-state index contributed by atoms with van der Waals surface area (Å²) in [5.41, 5.74) is 0.240. The Labute approximate surface area is 155 Å². The fourth-order valence-corrected chi connectivity index (χ4v) is 3.65. The molecule has 1 aromatic rings. The molecule has 1 aliphatic heterocycles. The molecule has 1 N–H and O–H groups in total. The number of hydrogen-bond acceptors (Lipinski definition) is 3. The quantitative estimate of drug-likeness (QED) is 0.714. The van der Waals surface area contributed by atoms with Crippen LogP contribution in [0.3, 0.4) is 0 Å². The van der Waals surface area contributed by atoms with Gasteiger partial charge in [-0.2, -0.15) is 0 Å². The number of benzene rings is 1. The van der Waals surface area contributed by atoms with Crippen molar-refractivity contribution in [2.75, 3.05) is 6.54 Å². The molecular formula is C21H29NO4. The number of carboxylic acids is 1. The topological polar surface area (TPSA) is 74.7 Å². The molecule has 1 aliphatic rings. The van der Waals surface area contributed by atoms with E-state index < -0.39 is 11.4 Å². The molecule has 0 spiro atoms. The third kappa shape index (κ3) is 5.97. The molecule has 1 heterocycles. The van der Waals surface area contributed by atoms with Crippen molar-refractivity contribution in [1.82, 2.24) is 4.90 Å². The first-order valence-corrected chi connectivity index (χ1v) is 9.38. The summed E-state index contributed by atoms with van der Waals surface area (Å²) in [4.78, 5) is 38.0. The van der Waals surface area contributed by atoms with Gasteiger partial charge in [0.25, 0.3) is 0 Å². The van der Waals surface area contributed by atoms with Crippen LogP contribution < -0.4 is 0 Å². The van der Waals surface area contributed by atoms with Gasteiger partial charge in [-0.3, -0.25) is 14.4 Å². The highest BCUT2D eigenvalue weighted by Gasteiger charge is 2.32. The summed E-state index contributed by atoms with van der Waals surface area (Å²) in [6, 6.07) is 9.16. The van der Waals surface area contributed by atoms with Gasteiger partial charge in [0.15, 0.2) is 5.78 Å². The van der Waals surface area contributed by atoms with Crippen molar-refractivity contribution in [3.05, 3.63) is 35.9 Å². The summed E-state index contributed by atoms with van der Waals surface area (Å²) in [5.74, 6) is -0.743. The highest BCUT2D eigenvalue weighted by atomic mass is 16.4. The number of ketones is 1. The van der Waals surface area contributed by atoms with Gasteiger partial charge in [-0.15, -0.1) is 0 Å². The number of rotatable bonds is 8. The van der Waals surface area contributed by atoms with Crippen molar-refractivity contribution in [2.24, 2.45) is 5.41 Å². The smallest absolute Gasteiger partial charge is 0.303 e. The van der Waals surface area contributed by atoms with Gasteiger partial charge in [0, 0.05) is 37.4 Å². The van der Waals surface area contributed by atoms with Crippen molar-refractivity contribution < 1.29 is 19.5 Å². The molecule has 1 unspecified atom stereocenters. The Bertz CT molecular complexity index is 639. The number of carbonyl (C=O) groups excluding carboxylic acids is 2.